The zero-order chi connectivity index (χ0) is 18.5. The smallest absolute Gasteiger partial charge is 0.261 e. The Morgan fingerprint density at radius 3 is 2.85 bits per heavy atom. The SMILES string of the molecule is CCC1CCN(C(=O)c2c(NCCOC)noc2-c2ccc(Cl)cc2)C1. The number of anilines is 1. The molecule has 140 valence electrons. The van der Waals surface area contributed by atoms with E-state index in [1.165, 1.54) is 0 Å². The normalized spacial score (nSPS) is 16.9. The molecule has 2 aromatic rings. The molecule has 0 spiro atoms. The minimum absolute atomic E-state index is 0.0490. The first-order chi connectivity index (χ1) is 12.6. The molecule has 6 nitrogen and oxygen atoms in total. The molecule has 1 aliphatic rings. The maximum absolute atomic E-state index is 13.2. The van der Waals surface area contributed by atoms with Crippen LogP contribution in [0.5, 0.6) is 0 Å². The molecule has 0 bridgehead atoms. The van der Waals surface area contributed by atoms with E-state index < -0.39 is 0 Å². The molecular formula is C19H24ClN3O3. The maximum atomic E-state index is 13.2. The van der Waals surface area contributed by atoms with Crippen molar-refractivity contribution >= 4 is 23.3 Å². The van der Waals surface area contributed by atoms with E-state index in [4.69, 9.17) is 20.9 Å². The van der Waals surface area contributed by atoms with Gasteiger partial charge in [-0.15, -0.1) is 0 Å². The molecule has 1 aliphatic heterocycles. The van der Waals surface area contributed by atoms with Crippen LogP contribution in [0.15, 0.2) is 28.8 Å². The lowest BCUT2D eigenvalue weighted by atomic mass is 10.1. The summed E-state index contributed by atoms with van der Waals surface area (Å²) in [5, 5.41) is 7.87. The first kappa shape index (κ1) is 18.7. The second kappa shape index (κ2) is 8.56. The van der Waals surface area contributed by atoms with Crippen molar-refractivity contribution in [1.82, 2.24) is 10.1 Å². The number of benzene rings is 1. The lowest BCUT2D eigenvalue weighted by molar-refractivity contribution is 0.0788. The number of methoxy groups -OCH3 is 1. The molecule has 1 aromatic carbocycles. The summed E-state index contributed by atoms with van der Waals surface area (Å²) in [5.41, 5.74) is 1.25. The molecule has 1 atom stereocenters. The summed E-state index contributed by atoms with van der Waals surface area (Å²) >= 11 is 5.98. The van der Waals surface area contributed by atoms with Crippen molar-refractivity contribution in [3.8, 4) is 11.3 Å². The third kappa shape index (κ3) is 4.02. The van der Waals surface area contributed by atoms with E-state index in [0.717, 1.165) is 31.5 Å². The first-order valence-electron chi connectivity index (χ1n) is 8.91. The highest BCUT2D eigenvalue weighted by Gasteiger charge is 2.32. The Balaban J connectivity index is 1.92. The topological polar surface area (TPSA) is 67.6 Å². The number of aromatic nitrogens is 1. The standard InChI is InChI=1S/C19H24ClN3O3/c1-3-13-8-10-23(12-13)19(24)16-17(14-4-6-15(20)7-5-14)26-22-18(16)21-9-11-25-2/h4-7,13H,3,8-12H2,1-2H3,(H,21,22). The predicted octanol–water partition coefficient (Wildman–Crippen LogP) is 3.93. The van der Waals surface area contributed by atoms with E-state index in [2.05, 4.69) is 17.4 Å². The summed E-state index contributed by atoms with van der Waals surface area (Å²) in [4.78, 5) is 15.1. The fraction of sp³-hybridized carbons (Fsp3) is 0.474. The van der Waals surface area contributed by atoms with Gasteiger partial charge in [-0.2, -0.15) is 0 Å². The van der Waals surface area contributed by atoms with Gasteiger partial charge < -0.3 is 19.5 Å². The molecule has 0 saturated carbocycles. The number of hydrogen-bond acceptors (Lipinski definition) is 5. The monoisotopic (exact) mass is 377 g/mol. The van der Waals surface area contributed by atoms with Crippen molar-refractivity contribution in [3.63, 3.8) is 0 Å². The molecule has 1 N–H and O–H groups in total. The zero-order valence-corrected chi connectivity index (χ0v) is 15.9. The van der Waals surface area contributed by atoms with Crippen LogP contribution in [-0.2, 0) is 4.74 Å². The van der Waals surface area contributed by atoms with Crippen LogP contribution in [0.3, 0.4) is 0 Å². The van der Waals surface area contributed by atoms with Crippen molar-refractivity contribution in [2.24, 2.45) is 5.92 Å². The van der Waals surface area contributed by atoms with Crippen molar-refractivity contribution in [3.05, 3.63) is 34.9 Å². The summed E-state index contributed by atoms with van der Waals surface area (Å²) in [5.74, 6) is 1.43. The van der Waals surface area contributed by atoms with Crippen LogP contribution < -0.4 is 5.32 Å². The molecule has 1 unspecified atom stereocenters. The molecule has 1 saturated heterocycles. The van der Waals surface area contributed by atoms with E-state index in [1.54, 1.807) is 19.2 Å². The van der Waals surface area contributed by atoms with Crippen LogP contribution in [0.1, 0.15) is 30.1 Å². The first-order valence-corrected chi connectivity index (χ1v) is 9.29. The molecule has 0 aliphatic carbocycles. The fourth-order valence-corrected chi connectivity index (χ4v) is 3.31. The van der Waals surface area contributed by atoms with E-state index >= 15 is 0 Å². The van der Waals surface area contributed by atoms with Crippen LogP contribution >= 0.6 is 11.6 Å². The molecule has 1 aromatic heterocycles. The zero-order valence-electron chi connectivity index (χ0n) is 15.1. The summed E-state index contributed by atoms with van der Waals surface area (Å²) in [6.45, 7) is 4.76. The van der Waals surface area contributed by atoms with Crippen LogP contribution in [0.25, 0.3) is 11.3 Å². The highest BCUT2D eigenvalue weighted by Crippen LogP contribution is 2.32. The van der Waals surface area contributed by atoms with Gasteiger partial charge in [0.25, 0.3) is 5.91 Å². The quantitative estimate of drug-likeness (QED) is 0.740. The van der Waals surface area contributed by atoms with Gasteiger partial charge in [0.15, 0.2) is 11.6 Å². The van der Waals surface area contributed by atoms with Gasteiger partial charge in [0.05, 0.1) is 6.61 Å². The molecule has 1 amide bonds. The third-order valence-electron chi connectivity index (χ3n) is 4.76. The lowest BCUT2D eigenvalue weighted by Crippen LogP contribution is -2.29. The number of rotatable bonds is 7. The Kier molecular flexibility index (Phi) is 6.16. The van der Waals surface area contributed by atoms with Crippen LogP contribution in [0.4, 0.5) is 5.82 Å². The van der Waals surface area contributed by atoms with Crippen molar-refractivity contribution in [2.45, 2.75) is 19.8 Å². The molecule has 7 heteroatoms. The number of halogens is 1. The average Bonchev–Trinajstić information content (AvgIpc) is 3.29. The van der Waals surface area contributed by atoms with Crippen molar-refractivity contribution in [1.29, 1.82) is 0 Å². The Bertz CT molecular complexity index is 745. The van der Waals surface area contributed by atoms with Gasteiger partial charge >= 0.3 is 0 Å². The third-order valence-corrected chi connectivity index (χ3v) is 5.01. The molecule has 1 fully saturated rings. The average molecular weight is 378 g/mol. The highest BCUT2D eigenvalue weighted by atomic mass is 35.5. The number of hydrogen-bond donors (Lipinski definition) is 1. The van der Waals surface area contributed by atoms with E-state index in [-0.39, 0.29) is 5.91 Å². The van der Waals surface area contributed by atoms with Gasteiger partial charge in [-0.05, 0) is 36.6 Å². The van der Waals surface area contributed by atoms with Crippen molar-refractivity contribution < 1.29 is 14.1 Å². The largest absolute Gasteiger partial charge is 0.383 e. The van der Waals surface area contributed by atoms with Crippen molar-refractivity contribution in [2.75, 3.05) is 38.7 Å². The van der Waals surface area contributed by atoms with E-state index in [0.29, 0.717) is 41.2 Å². The van der Waals surface area contributed by atoms with Gasteiger partial charge in [-0.3, -0.25) is 4.79 Å². The summed E-state index contributed by atoms with van der Waals surface area (Å²) < 4.78 is 10.6. The summed E-state index contributed by atoms with van der Waals surface area (Å²) in [7, 11) is 1.63. The Hall–Kier alpha value is -2.05. The minimum Gasteiger partial charge on any atom is -0.383 e. The van der Waals surface area contributed by atoms with Gasteiger partial charge in [0.1, 0.15) is 5.56 Å². The minimum atomic E-state index is -0.0490. The number of nitrogens with one attached hydrogen (secondary N) is 1. The van der Waals surface area contributed by atoms with Gasteiger partial charge in [-0.1, -0.05) is 30.1 Å². The number of likely N-dealkylation sites (tertiary alicyclic amines) is 1. The molecule has 3 rings (SSSR count). The van der Waals surface area contributed by atoms with Crippen LogP contribution in [0, 0.1) is 5.92 Å². The van der Waals surface area contributed by atoms with Gasteiger partial charge in [-0.25, -0.2) is 0 Å². The number of nitrogens with zero attached hydrogens (tertiary/aromatic N) is 2. The fourth-order valence-electron chi connectivity index (χ4n) is 3.19. The number of carbonyl (C=O) groups is 1. The maximum Gasteiger partial charge on any atom is 0.261 e. The Labute approximate surface area is 158 Å². The molecule has 0 radical (unpaired) electrons. The molecule has 2 heterocycles. The molecular weight excluding hydrogens is 354 g/mol. The highest BCUT2D eigenvalue weighted by molar-refractivity contribution is 6.30. The second-order valence-corrected chi connectivity index (χ2v) is 6.91. The number of carbonyl (C=O) groups excluding carboxylic acids is 1. The second-order valence-electron chi connectivity index (χ2n) is 6.48. The number of ether oxygens (including phenoxy) is 1. The summed E-state index contributed by atoms with van der Waals surface area (Å²) in [6, 6.07) is 7.21. The lowest BCUT2D eigenvalue weighted by Gasteiger charge is -2.17. The molecule has 26 heavy (non-hydrogen) atoms. The van der Waals surface area contributed by atoms with E-state index in [1.807, 2.05) is 17.0 Å². The van der Waals surface area contributed by atoms with Crippen LogP contribution in [0.2, 0.25) is 5.02 Å². The Morgan fingerprint density at radius 1 is 1.42 bits per heavy atom. The van der Waals surface area contributed by atoms with Crippen LogP contribution in [-0.4, -0.2) is 49.3 Å². The van der Waals surface area contributed by atoms with Gasteiger partial charge in [0, 0.05) is 37.3 Å². The van der Waals surface area contributed by atoms with Gasteiger partial charge in [0.2, 0.25) is 0 Å². The predicted molar refractivity (Wildman–Crippen MR) is 102 cm³/mol. The Morgan fingerprint density at radius 2 is 2.19 bits per heavy atom. The number of amides is 1. The summed E-state index contributed by atoms with van der Waals surface area (Å²) in [6.07, 6.45) is 2.12. The van der Waals surface area contributed by atoms with E-state index in [9.17, 15) is 4.79 Å².